The lowest BCUT2D eigenvalue weighted by atomic mass is 10.2. The average Bonchev–Trinajstić information content (AvgIpc) is 2.65. The number of hydrogen-bond donors (Lipinski definition) is 1. The van der Waals surface area contributed by atoms with Gasteiger partial charge in [-0.1, -0.05) is 17.3 Å². The summed E-state index contributed by atoms with van der Waals surface area (Å²) in [6, 6.07) is 7.67. The van der Waals surface area contributed by atoms with Gasteiger partial charge < -0.3 is 5.11 Å². The van der Waals surface area contributed by atoms with Crippen LogP contribution in [0.3, 0.4) is 0 Å². The molecule has 0 bridgehead atoms. The molecule has 5 heteroatoms. The predicted octanol–water partition coefficient (Wildman–Crippen LogP) is 1.20. The maximum atomic E-state index is 10.6. The molecular formula is C11H11N3O2. The van der Waals surface area contributed by atoms with Crippen molar-refractivity contribution in [1.29, 1.82) is 0 Å². The highest BCUT2D eigenvalue weighted by atomic mass is 16.4. The maximum Gasteiger partial charge on any atom is 0.309 e. The molecule has 0 fully saturated rings. The largest absolute Gasteiger partial charge is 0.481 e. The van der Waals surface area contributed by atoms with Gasteiger partial charge >= 0.3 is 5.97 Å². The molecule has 2 rings (SSSR count). The van der Waals surface area contributed by atoms with Crippen molar-refractivity contribution in [3.05, 3.63) is 41.7 Å². The van der Waals surface area contributed by atoms with Gasteiger partial charge in [0.15, 0.2) is 0 Å². The molecule has 2 aromatic rings. The lowest BCUT2D eigenvalue weighted by Crippen LogP contribution is -2.08. The van der Waals surface area contributed by atoms with E-state index in [0.717, 1.165) is 11.3 Å². The van der Waals surface area contributed by atoms with Gasteiger partial charge in [-0.15, -0.1) is 5.10 Å². The average molecular weight is 217 g/mol. The number of carboxylic acids is 1. The van der Waals surface area contributed by atoms with E-state index in [1.54, 1.807) is 4.68 Å². The van der Waals surface area contributed by atoms with Crippen LogP contribution in [0.25, 0.3) is 5.69 Å². The zero-order valence-corrected chi connectivity index (χ0v) is 8.79. The van der Waals surface area contributed by atoms with Gasteiger partial charge in [0.05, 0.1) is 24.0 Å². The van der Waals surface area contributed by atoms with Crippen molar-refractivity contribution in [2.75, 3.05) is 0 Å². The molecule has 0 radical (unpaired) electrons. The molecule has 0 amide bonds. The highest BCUT2D eigenvalue weighted by Crippen LogP contribution is 2.11. The van der Waals surface area contributed by atoms with Crippen molar-refractivity contribution in [3.8, 4) is 5.69 Å². The van der Waals surface area contributed by atoms with Crippen molar-refractivity contribution in [1.82, 2.24) is 15.0 Å². The van der Waals surface area contributed by atoms with E-state index in [9.17, 15) is 4.79 Å². The minimum absolute atomic E-state index is 0.0824. The molecule has 0 aliphatic carbocycles. The molecule has 0 atom stereocenters. The number of aryl methyl sites for hydroxylation is 1. The first kappa shape index (κ1) is 10.4. The standard InChI is InChI=1S/C11H11N3O2/c1-8-3-2-4-9(5-8)14-10(6-11(15)16)7-12-13-14/h2-5,7H,6H2,1H3,(H,15,16). The molecule has 16 heavy (non-hydrogen) atoms. The van der Waals surface area contributed by atoms with Crippen LogP contribution in [-0.2, 0) is 11.2 Å². The Balaban J connectivity index is 2.40. The first-order valence-electron chi connectivity index (χ1n) is 4.85. The van der Waals surface area contributed by atoms with Crippen LogP contribution in [0.4, 0.5) is 0 Å². The van der Waals surface area contributed by atoms with Crippen LogP contribution in [0.5, 0.6) is 0 Å². The lowest BCUT2D eigenvalue weighted by Gasteiger charge is -2.04. The molecule has 5 nitrogen and oxygen atoms in total. The van der Waals surface area contributed by atoms with Crippen LogP contribution in [0.2, 0.25) is 0 Å². The number of aromatic nitrogens is 3. The fourth-order valence-electron chi connectivity index (χ4n) is 1.51. The lowest BCUT2D eigenvalue weighted by molar-refractivity contribution is -0.136. The SMILES string of the molecule is Cc1cccc(-n2nncc2CC(=O)O)c1. The van der Waals surface area contributed by atoms with Gasteiger partial charge in [0.2, 0.25) is 0 Å². The Morgan fingerprint density at radius 2 is 2.31 bits per heavy atom. The van der Waals surface area contributed by atoms with Crippen molar-refractivity contribution >= 4 is 5.97 Å². The van der Waals surface area contributed by atoms with Gasteiger partial charge in [0.1, 0.15) is 0 Å². The molecule has 1 heterocycles. The summed E-state index contributed by atoms with van der Waals surface area (Å²) in [5.74, 6) is -0.892. The fraction of sp³-hybridized carbons (Fsp3) is 0.182. The normalized spacial score (nSPS) is 10.3. The van der Waals surface area contributed by atoms with E-state index in [4.69, 9.17) is 5.11 Å². The van der Waals surface area contributed by atoms with Crippen molar-refractivity contribution in [2.24, 2.45) is 0 Å². The second-order valence-electron chi connectivity index (χ2n) is 3.55. The zero-order valence-electron chi connectivity index (χ0n) is 8.79. The van der Waals surface area contributed by atoms with Crippen LogP contribution in [0.1, 0.15) is 11.3 Å². The van der Waals surface area contributed by atoms with Crippen molar-refractivity contribution in [2.45, 2.75) is 13.3 Å². The number of aliphatic carboxylic acids is 1. The van der Waals surface area contributed by atoms with E-state index < -0.39 is 5.97 Å². The Kier molecular flexibility index (Phi) is 2.68. The van der Waals surface area contributed by atoms with E-state index in [2.05, 4.69) is 10.3 Å². The van der Waals surface area contributed by atoms with Crippen LogP contribution < -0.4 is 0 Å². The highest BCUT2D eigenvalue weighted by Gasteiger charge is 2.09. The molecule has 1 N–H and O–H groups in total. The molecular weight excluding hydrogens is 206 g/mol. The number of carbonyl (C=O) groups is 1. The van der Waals surface area contributed by atoms with Gasteiger partial charge in [-0.05, 0) is 24.6 Å². The molecule has 1 aromatic heterocycles. The summed E-state index contributed by atoms with van der Waals surface area (Å²) in [7, 11) is 0. The van der Waals surface area contributed by atoms with Gasteiger partial charge in [-0.25, -0.2) is 4.68 Å². The van der Waals surface area contributed by atoms with E-state index >= 15 is 0 Å². The zero-order chi connectivity index (χ0) is 11.5. The third-order valence-electron chi connectivity index (χ3n) is 2.20. The van der Waals surface area contributed by atoms with Gasteiger partial charge in [-0.2, -0.15) is 0 Å². The van der Waals surface area contributed by atoms with Gasteiger partial charge in [0, 0.05) is 0 Å². The van der Waals surface area contributed by atoms with E-state index in [1.807, 2.05) is 31.2 Å². The minimum Gasteiger partial charge on any atom is -0.481 e. The highest BCUT2D eigenvalue weighted by molar-refractivity contribution is 5.69. The Morgan fingerprint density at radius 1 is 1.50 bits per heavy atom. The smallest absolute Gasteiger partial charge is 0.309 e. The van der Waals surface area contributed by atoms with Crippen LogP contribution in [0, 0.1) is 6.92 Å². The predicted molar refractivity (Wildman–Crippen MR) is 57.4 cm³/mol. The number of hydrogen-bond acceptors (Lipinski definition) is 3. The Bertz CT molecular complexity index is 519. The van der Waals surface area contributed by atoms with E-state index in [-0.39, 0.29) is 6.42 Å². The van der Waals surface area contributed by atoms with Gasteiger partial charge in [-0.3, -0.25) is 4.79 Å². The first-order chi connectivity index (χ1) is 7.66. The monoisotopic (exact) mass is 217 g/mol. The van der Waals surface area contributed by atoms with E-state index in [0.29, 0.717) is 5.69 Å². The Morgan fingerprint density at radius 3 is 3.00 bits per heavy atom. The number of benzene rings is 1. The molecule has 0 spiro atoms. The summed E-state index contributed by atoms with van der Waals surface area (Å²) >= 11 is 0. The molecule has 82 valence electrons. The Hall–Kier alpha value is -2.17. The number of carboxylic acid groups (broad SMARTS) is 1. The summed E-state index contributed by atoms with van der Waals surface area (Å²) < 4.78 is 1.54. The summed E-state index contributed by atoms with van der Waals surface area (Å²) in [6.07, 6.45) is 1.39. The molecule has 0 saturated carbocycles. The quantitative estimate of drug-likeness (QED) is 0.838. The van der Waals surface area contributed by atoms with Crippen LogP contribution in [0.15, 0.2) is 30.5 Å². The second kappa shape index (κ2) is 4.14. The van der Waals surface area contributed by atoms with Crippen molar-refractivity contribution < 1.29 is 9.90 Å². The third kappa shape index (κ3) is 2.08. The van der Waals surface area contributed by atoms with Crippen molar-refractivity contribution in [3.63, 3.8) is 0 Å². The molecule has 1 aromatic carbocycles. The molecule has 0 unspecified atom stereocenters. The minimum atomic E-state index is -0.892. The Labute approximate surface area is 92.3 Å². The maximum absolute atomic E-state index is 10.6. The topological polar surface area (TPSA) is 68.0 Å². The van der Waals surface area contributed by atoms with Crippen LogP contribution in [-0.4, -0.2) is 26.1 Å². The van der Waals surface area contributed by atoms with Crippen LogP contribution >= 0.6 is 0 Å². The molecule has 0 saturated heterocycles. The number of rotatable bonds is 3. The summed E-state index contributed by atoms with van der Waals surface area (Å²) in [5, 5.41) is 16.4. The summed E-state index contributed by atoms with van der Waals surface area (Å²) in [4.78, 5) is 10.6. The molecule has 0 aliphatic heterocycles. The second-order valence-corrected chi connectivity index (χ2v) is 3.55. The third-order valence-corrected chi connectivity index (χ3v) is 2.20. The fourth-order valence-corrected chi connectivity index (χ4v) is 1.51. The molecule has 0 aliphatic rings. The summed E-state index contributed by atoms with van der Waals surface area (Å²) in [5.41, 5.74) is 2.49. The van der Waals surface area contributed by atoms with Gasteiger partial charge in [0.25, 0.3) is 0 Å². The summed E-state index contributed by atoms with van der Waals surface area (Å²) in [6.45, 7) is 1.97. The number of nitrogens with zero attached hydrogens (tertiary/aromatic N) is 3. The van der Waals surface area contributed by atoms with E-state index in [1.165, 1.54) is 6.20 Å². The first-order valence-corrected chi connectivity index (χ1v) is 4.85.